The van der Waals surface area contributed by atoms with E-state index < -0.39 is 6.10 Å². The average Bonchev–Trinajstić information content (AvgIpc) is 3.14. The van der Waals surface area contributed by atoms with Crippen LogP contribution in [0, 0.1) is 11.8 Å². The number of carbonyl (C=O) groups is 1. The molecule has 1 saturated carbocycles. The number of hydrogen-bond acceptors (Lipinski definition) is 2. The lowest BCUT2D eigenvalue weighted by Gasteiger charge is -2.25. The molecule has 17 heavy (non-hydrogen) atoms. The molecule has 2 rings (SSSR count). The molecule has 0 aromatic heterocycles. The Morgan fingerprint density at radius 2 is 1.88 bits per heavy atom. The number of rotatable bonds is 4. The van der Waals surface area contributed by atoms with Gasteiger partial charge in [-0.2, -0.15) is 0 Å². The molecule has 0 saturated heterocycles. The Bertz CT molecular complexity index is 384. The van der Waals surface area contributed by atoms with E-state index in [4.69, 9.17) is 0 Å². The van der Waals surface area contributed by atoms with Crippen LogP contribution in [0.5, 0.6) is 0 Å². The van der Waals surface area contributed by atoms with Gasteiger partial charge in [-0.05, 0) is 24.3 Å². The second kappa shape index (κ2) is 4.88. The first-order chi connectivity index (χ1) is 8.11. The van der Waals surface area contributed by atoms with Gasteiger partial charge < -0.3 is 10.0 Å². The van der Waals surface area contributed by atoms with Gasteiger partial charge in [0.15, 0.2) is 0 Å². The van der Waals surface area contributed by atoms with Crippen LogP contribution in [0.15, 0.2) is 30.3 Å². The van der Waals surface area contributed by atoms with Gasteiger partial charge in [0, 0.05) is 14.1 Å². The van der Waals surface area contributed by atoms with E-state index in [2.05, 4.69) is 0 Å². The minimum Gasteiger partial charge on any atom is -0.388 e. The summed E-state index contributed by atoms with van der Waals surface area (Å²) in [6.07, 6.45) is 1.42. The zero-order chi connectivity index (χ0) is 12.4. The van der Waals surface area contributed by atoms with E-state index in [1.807, 2.05) is 30.3 Å². The number of carbonyl (C=O) groups excluding carboxylic acids is 1. The van der Waals surface area contributed by atoms with Crippen molar-refractivity contribution in [2.24, 2.45) is 11.8 Å². The Morgan fingerprint density at radius 3 is 2.35 bits per heavy atom. The van der Waals surface area contributed by atoms with E-state index in [0.717, 1.165) is 18.4 Å². The van der Waals surface area contributed by atoms with Crippen molar-refractivity contribution in [1.82, 2.24) is 4.90 Å². The number of nitrogens with zero attached hydrogens (tertiary/aromatic N) is 1. The number of hydrogen-bond donors (Lipinski definition) is 1. The van der Waals surface area contributed by atoms with Gasteiger partial charge in [0.2, 0.25) is 5.91 Å². The highest BCUT2D eigenvalue weighted by molar-refractivity contribution is 5.79. The molecule has 0 aliphatic heterocycles. The summed E-state index contributed by atoms with van der Waals surface area (Å²) in [7, 11) is 3.49. The Kier molecular flexibility index (Phi) is 3.48. The fourth-order valence-corrected chi connectivity index (χ4v) is 2.21. The van der Waals surface area contributed by atoms with Gasteiger partial charge in [-0.25, -0.2) is 0 Å². The summed E-state index contributed by atoms with van der Waals surface area (Å²) in [5.74, 6) is 0.0939. The quantitative estimate of drug-likeness (QED) is 0.862. The molecule has 1 aromatic rings. The normalized spacial score (nSPS) is 18.5. The van der Waals surface area contributed by atoms with Crippen molar-refractivity contribution in [2.75, 3.05) is 14.1 Å². The fourth-order valence-electron chi connectivity index (χ4n) is 2.21. The fraction of sp³-hybridized carbons (Fsp3) is 0.500. The minimum atomic E-state index is -0.682. The molecule has 1 fully saturated rings. The van der Waals surface area contributed by atoms with E-state index in [1.165, 1.54) is 0 Å². The van der Waals surface area contributed by atoms with Crippen LogP contribution in [-0.2, 0) is 4.79 Å². The minimum absolute atomic E-state index is 0.0313. The summed E-state index contributed by atoms with van der Waals surface area (Å²) in [4.78, 5) is 13.7. The molecule has 3 heteroatoms. The van der Waals surface area contributed by atoms with Crippen LogP contribution in [0.2, 0.25) is 0 Å². The van der Waals surface area contributed by atoms with Gasteiger partial charge in [-0.15, -0.1) is 0 Å². The maximum atomic E-state index is 12.1. The number of aliphatic hydroxyl groups excluding tert-OH is 1. The highest BCUT2D eigenvalue weighted by atomic mass is 16.3. The summed E-state index contributed by atoms with van der Waals surface area (Å²) in [5.41, 5.74) is 0.833. The highest BCUT2D eigenvalue weighted by Crippen LogP contribution is 2.43. The number of benzene rings is 1. The van der Waals surface area contributed by atoms with E-state index in [9.17, 15) is 9.90 Å². The summed E-state index contributed by atoms with van der Waals surface area (Å²) in [6.45, 7) is 0. The van der Waals surface area contributed by atoms with Crippen LogP contribution < -0.4 is 0 Å². The van der Waals surface area contributed by atoms with Crippen LogP contribution in [0.4, 0.5) is 0 Å². The summed E-state index contributed by atoms with van der Waals surface area (Å²) >= 11 is 0. The van der Waals surface area contributed by atoms with E-state index >= 15 is 0 Å². The van der Waals surface area contributed by atoms with Crippen molar-refractivity contribution in [1.29, 1.82) is 0 Å². The topological polar surface area (TPSA) is 40.5 Å². The molecule has 3 nitrogen and oxygen atoms in total. The molecular weight excluding hydrogens is 214 g/mol. The molecule has 0 bridgehead atoms. The van der Waals surface area contributed by atoms with Crippen LogP contribution in [0.3, 0.4) is 0 Å². The molecule has 92 valence electrons. The smallest absolute Gasteiger partial charge is 0.228 e. The summed E-state index contributed by atoms with van der Waals surface area (Å²) in [6, 6.07) is 9.45. The molecular formula is C14H19NO2. The number of amides is 1. The van der Waals surface area contributed by atoms with Crippen LogP contribution in [-0.4, -0.2) is 30.0 Å². The predicted octanol–water partition coefficient (Wildman–Crippen LogP) is 1.83. The zero-order valence-electron chi connectivity index (χ0n) is 10.3. The zero-order valence-corrected chi connectivity index (χ0v) is 10.3. The molecule has 1 aromatic carbocycles. The SMILES string of the molecule is CN(C)C(=O)[C@@H](C1CC1)[C@@H](O)c1ccccc1. The van der Waals surface area contributed by atoms with Crippen LogP contribution in [0.1, 0.15) is 24.5 Å². The third-order valence-electron chi connectivity index (χ3n) is 3.34. The van der Waals surface area contributed by atoms with Gasteiger partial charge in [-0.1, -0.05) is 30.3 Å². The Hall–Kier alpha value is -1.35. The second-order valence-corrected chi connectivity index (χ2v) is 4.95. The first kappa shape index (κ1) is 12.1. The lowest BCUT2D eigenvalue weighted by molar-refractivity contribution is -0.138. The maximum absolute atomic E-state index is 12.1. The first-order valence-corrected chi connectivity index (χ1v) is 6.05. The van der Waals surface area contributed by atoms with Crippen molar-refractivity contribution in [3.63, 3.8) is 0 Å². The highest BCUT2D eigenvalue weighted by Gasteiger charge is 2.41. The van der Waals surface area contributed by atoms with Gasteiger partial charge in [0.1, 0.15) is 0 Å². The summed E-state index contributed by atoms with van der Waals surface area (Å²) < 4.78 is 0. The molecule has 0 heterocycles. The van der Waals surface area contributed by atoms with Gasteiger partial charge in [0.25, 0.3) is 0 Å². The predicted molar refractivity (Wildman–Crippen MR) is 66.3 cm³/mol. The second-order valence-electron chi connectivity index (χ2n) is 4.95. The third kappa shape index (κ3) is 2.67. The first-order valence-electron chi connectivity index (χ1n) is 6.05. The molecule has 2 atom stereocenters. The van der Waals surface area contributed by atoms with E-state index in [1.54, 1.807) is 19.0 Å². The maximum Gasteiger partial charge on any atom is 0.228 e. The Morgan fingerprint density at radius 1 is 1.29 bits per heavy atom. The molecule has 0 spiro atoms. The molecule has 0 radical (unpaired) electrons. The largest absolute Gasteiger partial charge is 0.388 e. The van der Waals surface area contributed by atoms with Crippen molar-refractivity contribution >= 4 is 5.91 Å². The van der Waals surface area contributed by atoms with E-state index in [0.29, 0.717) is 5.92 Å². The van der Waals surface area contributed by atoms with Crippen LogP contribution in [0.25, 0.3) is 0 Å². The van der Waals surface area contributed by atoms with Crippen molar-refractivity contribution in [3.05, 3.63) is 35.9 Å². The monoisotopic (exact) mass is 233 g/mol. The van der Waals surface area contributed by atoms with Crippen molar-refractivity contribution in [2.45, 2.75) is 18.9 Å². The van der Waals surface area contributed by atoms with E-state index in [-0.39, 0.29) is 11.8 Å². The van der Waals surface area contributed by atoms with Crippen molar-refractivity contribution in [3.8, 4) is 0 Å². The molecule has 1 amide bonds. The van der Waals surface area contributed by atoms with Gasteiger partial charge in [0.05, 0.1) is 12.0 Å². The Labute approximate surface area is 102 Å². The lowest BCUT2D eigenvalue weighted by atomic mass is 9.90. The average molecular weight is 233 g/mol. The molecule has 1 aliphatic rings. The van der Waals surface area contributed by atoms with Crippen LogP contribution >= 0.6 is 0 Å². The number of aliphatic hydroxyl groups is 1. The third-order valence-corrected chi connectivity index (χ3v) is 3.34. The van der Waals surface area contributed by atoms with Gasteiger partial charge in [-0.3, -0.25) is 4.79 Å². The molecule has 1 N–H and O–H groups in total. The lowest BCUT2D eigenvalue weighted by Crippen LogP contribution is -2.34. The van der Waals surface area contributed by atoms with Crippen molar-refractivity contribution < 1.29 is 9.90 Å². The Balaban J connectivity index is 2.19. The van der Waals surface area contributed by atoms with Gasteiger partial charge >= 0.3 is 0 Å². The molecule has 0 unspecified atom stereocenters. The summed E-state index contributed by atoms with van der Waals surface area (Å²) in [5, 5.41) is 10.4. The molecule has 1 aliphatic carbocycles. The standard InChI is InChI=1S/C14H19NO2/c1-15(2)14(17)12(10-8-9-10)13(16)11-6-4-3-5-7-11/h3-7,10,12-13,16H,8-9H2,1-2H3/t12-,13-/m0/s1.